The van der Waals surface area contributed by atoms with Crippen molar-refractivity contribution in [1.82, 2.24) is 0 Å². The smallest absolute Gasteiger partial charge is 0.155 e. The topological polar surface area (TPSA) is 26.3 Å². The lowest BCUT2D eigenvalue weighted by Gasteiger charge is -2.60. The van der Waals surface area contributed by atoms with Gasteiger partial charge in [0.25, 0.3) is 0 Å². The molecule has 0 aromatic carbocycles. The number of hydrogen-bond acceptors (Lipinski definition) is 2. The molecule has 0 amide bonds. The fourth-order valence-corrected chi connectivity index (χ4v) is 8.59. The SMILES string of the molecule is CC1=C(CCC(C)C)OC[C@]23CC[C@H]4[C@@H](CCC5CC(=O)C=C[C@@]54C)[C@@H]2CC[C@H]13. The van der Waals surface area contributed by atoms with Crippen molar-refractivity contribution in [3.8, 4) is 0 Å². The molecule has 5 rings (SSSR count). The number of hydrogen-bond donors (Lipinski definition) is 0. The number of rotatable bonds is 3. The van der Waals surface area contributed by atoms with Crippen LogP contribution >= 0.6 is 0 Å². The summed E-state index contributed by atoms with van der Waals surface area (Å²) in [5.74, 6) is 6.21. The average Bonchev–Trinajstić information content (AvgIpc) is 3.08. The van der Waals surface area contributed by atoms with E-state index in [0.717, 1.165) is 49.0 Å². The molecule has 0 radical (unpaired) electrons. The molecule has 0 saturated heterocycles. The molecule has 2 nitrogen and oxygen atoms in total. The summed E-state index contributed by atoms with van der Waals surface area (Å²) in [5.41, 5.74) is 2.25. The van der Waals surface area contributed by atoms with Gasteiger partial charge in [0, 0.05) is 18.3 Å². The highest BCUT2D eigenvalue weighted by molar-refractivity contribution is 5.91. The van der Waals surface area contributed by atoms with Crippen molar-refractivity contribution in [1.29, 1.82) is 0 Å². The lowest BCUT2D eigenvalue weighted by atomic mass is 9.45. The molecule has 0 N–H and O–H groups in total. The average molecular weight is 397 g/mol. The van der Waals surface area contributed by atoms with Gasteiger partial charge in [-0.05, 0) is 104 Å². The number of ketones is 1. The molecular weight excluding hydrogens is 356 g/mol. The van der Waals surface area contributed by atoms with Gasteiger partial charge in [0.1, 0.15) is 0 Å². The number of carbonyl (C=O) groups excluding carboxylic acids is 1. The van der Waals surface area contributed by atoms with Gasteiger partial charge in [-0.1, -0.05) is 26.8 Å². The fourth-order valence-electron chi connectivity index (χ4n) is 8.59. The van der Waals surface area contributed by atoms with E-state index in [0.29, 0.717) is 17.1 Å². The zero-order valence-corrected chi connectivity index (χ0v) is 19.0. The molecule has 160 valence electrons. The van der Waals surface area contributed by atoms with Gasteiger partial charge in [-0.3, -0.25) is 4.79 Å². The molecule has 1 aliphatic heterocycles. The molecule has 1 heterocycles. The third-order valence-corrected chi connectivity index (χ3v) is 10.2. The van der Waals surface area contributed by atoms with Gasteiger partial charge < -0.3 is 4.74 Å². The van der Waals surface area contributed by atoms with E-state index < -0.39 is 0 Å². The predicted molar refractivity (Wildman–Crippen MR) is 117 cm³/mol. The van der Waals surface area contributed by atoms with E-state index in [1.165, 1.54) is 50.7 Å². The van der Waals surface area contributed by atoms with Gasteiger partial charge in [0.15, 0.2) is 5.78 Å². The van der Waals surface area contributed by atoms with E-state index in [1.807, 2.05) is 6.08 Å². The number of allylic oxidation sites excluding steroid dienone is 4. The van der Waals surface area contributed by atoms with Crippen LogP contribution in [0.5, 0.6) is 0 Å². The molecule has 0 aromatic heterocycles. The maximum Gasteiger partial charge on any atom is 0.155 e. The summed E-state index contributed by atoms with van der Waals surface area (Å²) in [6.45, 7) is 10.5. The van der Waals surface area contributed by atoms with Crippen LogP contribution in [0.15, 0.2) is 23.5 Å². The normalized spacial score (nSPS) is 46.1. The van der Waals surface area contributed by atoms with E-state index in [4.69, 9.17) is 4.74 Å². The quantitative estimate of drug-likeness (QED) is 0.530. The Morgan fingerprint density at radius 2 is 1.97 bits per heavy atom. The molecule has 3 fully saturated rings. The maximum atomic E-state index is 12.0. The zero-order chi connectivity index (χ0) is 20.4. The first-order chi connectivity index (χ1) is 13.8. The van der Waals surface area contributed by atoms with E-state index in [1.54, 1.807) is 5.57 Å². The first-order valence-corrected chi connectivity index (χ1v) is 12.4. The minimum absolute atomic E-state index is 0.249. The van der Waals surface area contributed by atoms with Crippen LogP contribution in [0.1, 0.15) is 85.5 Å². The van der Waals surface area contributed by atoms with Gasteiger partial charge in [-0.2, -0.15) is 0 Å². The summed E-state index contributed by atoms with van der Waals surface area (Å²) in [7, 11) is 0. The lowest BCUT2D eigenvalue weighted by molar-refractivity contribution is -0.127. The Hall–Kier alpha value is -1.05. The minimum atomic E-state index is 0.249. The monoisotopic (exact) mass is 396 g/mol. The Morgan fingerprint density at radius 3 is 2.76 bits per heavy atom. The van der Waals surface area contributed by atoms with Crippen molar-refractivity contribution in [3.63, 3.8) is 0 Å². The van der Waals surface area contributed by atoms with E-state index in [2.05, 4.69) is 33.8 Å². The van der Waals surface area contributed by atoms with Crippen molar-refractivity contribution in [2.45, 2.75) is 85.5 Å². The summed E-state index contributed by atoms with van der Waals surface area (Å²) in [5, 5.41) is 0. The molecule has 0 aromatic rings. The van der Waals surface area contributed by atoms with Crippen molar-refractivity contribution in [2.75, 3.05) is 6.61 Å². The highest BCUT2D eigenvalue weighted by atomic mass is 16.5. The number of fused-ring (bicyclic) bond motifs is 4. The van der Waals surface area contributed by atoms with Crippen molar-refractivity contribution in [3.05, 3.63) is 23.5 Å². The Balaban J connectivity index is 1.41. The van der Waals surface area contributed by atoms with Crippen LogP contribution in [-0.4, -0.2) is 12.4 Å². The molecule has 0 bridgehead atoms. The van der Waals surface area contributed by atoms with E-state index >= 15 is 0 Å². The van der Waals surface area contributed by atoms with Crippen LogP contribution in [0.2, 0.25) is 0 Å². The van der Waals surface area contributed by atoms with Gasteiger partial charge in [0.05, 0.1) is 12.4 Å². The third kappa shape index (κ3) is 2.91. The maximum absolute atomic E-state index is 12.0. The number of carbonyl (C=O) groups is 1. The summed E-state index contributed by atoms with van der Waals surface area (Å²) in [6, 6.07) is 0. The zero-order valence-electron chi connectivity index (χ0n) is 19.0. The van der Waals surface area contributed by atoms with Crippen LogP contribution in [0.25, 0.3) is 0 Å². The van der Waals surface area contributed by atoms with Gasteiger partial charge in [0.2, 0.25) is 0 Å². The second-order valence-corrected chi connectivity index (χ2v) is 11.8. The van der Waals surface area contributed by atoms with Crippen molar-refractivity contribution >= 4 is 5.78 Å². The standard InChI is InChI=1S/C27H40O2/c1-17(2)5-10-25-18(3)22-8-9-24-21-7-6-19-15-20(28)11-13-26(19,4)23(21)12-14-27(22,24)16-29-25/h11,13,17,19,21-24H,5-10,12,14-16H2,1-4H3/t19?,21-,22-,23+,24+,26+,27+/m1/s1. The van der Waals surface area contributed by atoms with Gasteiger partial charge >= 0.3 is 0 Å². The first-order valence-electron chi connectivity index (χ1n) is 12.4. The van der Waals surface area contributed by atoms with Crippen LogP contribution < -0.4 is 0 Å². The third-order valence-electron chi connectivity index (χ3n) is 10.2. The minimum Gasteiger partial charge on any atom is -0.497 e. The van der Waals surface area contributed by atoms with E-state index in [-0.39, 0.29) is 5.41 Å². The Labute approximate surface area is 177 Å². The molecule has 1 unspecified atom stereocenters. The lowest BCUT2D eigenvalue weighted by Crippen LogP contribution is -2.55. The largest absolute Gasteiger partial charge is 0.497 e. The fraction of sp³-hybridized carbons (Fsp3) is 0.815. The van der Waals surface area contributed by atoms with Gasteiger partial charge in [-0.25, -0.2) is 0 Å². The molecule has 4 aliphatic carbocycles. The van der Waals surface area contributed by atoms with Crippen LogP contribution in [-0.2, 0) is 9.53 Å². The molecule has 29 heavy (non-hydrogen) atoms. The molecular formula is C27H40O2. The van der Waals surface area contributed by atoms with Crippen molar-refractivity contribution < 1.29 is 9.53 Å². The van der Waals surface area contributed by atoms with Gasteiger partial charge in [-0.15, -0.1) is 0 Å². The molecule has 1 spiro atoms. The van der Waals surface area contributed by atoms with E-state index in [9.17, 15) is 4.79 Å². The van der Waals surface area contributed by atoms with Crippen LogP contribution in [0, 0.1) is 46.3 Å². The molecule has 3 saturated carbocycles. The summed E-state index contributed by atoms with van der Waals surface area (Å²) in [6.07, 6.45) is 15.4. The summed E-state index contributed by atoms with van der Waals surface area (Å²) in [4.78, 5) is 12.0. The highest BCUT2D eigenvalue weighted by Gasteiger charge is 2.62. The summed E-state index contributed by atoms with van der Waals surface area (Å²) < 4.78 is 6.56. The molecule has 2 heteroatoms. The summed E-state index contributed by atoms with van der Waals surface area (Å²) >= 11 is 0. The Morgan fingerprint density at radius 1 is 1.14 bits per heavy atom. The molecule has 7 atom stereocenters. The Bertz CT molecular complexity index is 746. The van der Waals surface area contributed by atoms with Crippen LogP contribution in [0.4, 0.5) is 0 Å². The predicted octanol–water partition coefficient (Wildman–Crippen LogP) is 6.71. The second kappa shape index (κ2) is 6.99. The second-order valence-electron chi connectivity index (χ2n) is 11.8. The number of ether oxygens (including phenoxy) is 1. The molecule has 5 aliphatic rings. The van der Waals surface area contributed by atoms with Crippen molar-refractivity contribution in [2.24, 2.45) is 46.3 Å². The highest BCUT2D eigenvalue weighted by Crippen LogP contribution is 2.68. The first kappa shape index (κ1) is 19.9. The Kier molecular flexibility index (Phi) is 4.79. The van der Waals surface area contributed by atoms with Crippen LogP contribution in [0.3, 0.4) is 0 Å².